The third kappa shape index (κ3) is 13.2. The molecule has 0 saturated heterocycles. The second kappa shape index (κ2) is 23.8. The minimum Gasteiger partial charge on any atom is -0.492 e. The van der Waals surface area contributed by atoms with Crippen LogP contribution in [0, 0.1) is 48.9 Å². The van der Waals surface area contributed by atoms with Crippen LogP contribution in [0.3, 0.4) is 0 Å². The number of nitrogens with two attached hydrogens (primary N) is 3. The van der Waals surface area contributed by atoms with Crippen LogP contribution < -0.4 is 32.0 Å². The molecule has 1 aliphatic heterocycles. The lowest BCUT2D eigenvalue weighted by atomic mass is 9.87. The van der Waals surface area contributed by atoms with Crippen LogP contribution >= 0.6 is 0 Å². The zero-order valence-electron chi connectivity index (χ0n) is 40.2. The Balaban J connectivity index is 1.54. The Morgan fingerprint density at radius 1 is 0.868 bits per heavy atom. The Kier molecular flexibility index (Phi) is 18.3. The minimum atomic E-state index is -1.25. The number of ether oxygens (including phenoxy) is 2. The molecule has 4 atom stereocenters. The topological polar surface area (TPSA) is 247 Å². The van der Waals surface area contributed by atoms with Crippen molar-refractivity contribution in [1.82, 2.24) is 20.2 Å². The first-order valence-corrected chi connectivity index (χ1v) is 23.0. The highest BCUT2D eigenvalue weighted by Crippen LogP contribution is 2.41. The molecule has 0 saturated carbocycles. The molecule has 68 heavy (non-hydrogen) atoms. The first-order chi connectivity index (χ1) is 32.4. The molecule has 1 aromatic heterocycles. The molecule has 2 heterocycles. The number of hydrogen-bond donors (Lipinski definition) is 4. The van der Waals surface area contributed by atoms with E-state index in [4.69, 9.17) is 26.7 Å². The van der Waals surface area contributed by atoms with Crippen LogP contribution in [0.5, 0.6) is 11.5 Å². The number of aryl methyl sites for hydroxylation is 2. The van der Waals surface area contributed by atoms with E-state index in [2.05, 4.69) is 47.9 Å². The van der Waals surface area contributed by atoms with Crippen molar-refractivity contribution in [2.75, 3.05) is 39.9 Å². The summed E-state index contributed by atoms with van der Waals surface area (Å²) in [7, 11) is 1.50. The Labute approximate surface area is 399 Å². The van der Waals surface area contributed by atoms with Gasteiger partial charge in [-0.1, -0.05) is 57.9 Å². The molecule has 0 spiro atoms. The fourth-order valence-corrected chi connectivity index (χ4v) is 8.32. The average molecular weight is 925 g/mol. The van der Waals surface area contributed by atoms with Crippen LogP contribution in [-0.4, -0.2) is 90.0 Å². The summed E-state index contributed by atoms with van der Waals surface area (Å²) in [4.78, 5) is 81.5. The number of aromatic nitrogens is 2. The number of ketones is 3. The highest BCUT2D eigenvalue weighted by atomic mass is 16.5. The maximum absolute atomic E-state index is 14.8. The largest absolute Gasteiger partial charge is 0.492 e. The summed E-state index contributed by atoms with van der Waals surface area (Å²) >= 11 is 0. The van der Waals surface area contributed by atoms with E-state index in [0.717, 1.165) is 5.56 Å². The summed E-state index contributed by atoms with van der Waals surface area (Å²) in [6, 6.07) is 18.2. The second-order valence-corrected chi connectivity index (χ2v) is 18.2. The highest BCUT2D eigenvalue weighted by molar-refractivity contribution is 6.01. The van der Waals surface area contributed by atoms with Gasteiger partial charge in [0.05, 0.1) is 29.1 Å². The summed E-state index contributed by atoms with van der Waals surface area (Å²) in [5.74, 6) is 3.11. The number of carbonyl (C=O) groups excluding carboxylic acids is 5. The lowest BCUT2D eigenvalue weighted by molar-refractivity contribution is -0.142. The molecule has 0 fully saturated rings. The van der Waals surface area contributed by atoms with Gasteiger partial charge in [-0.3, -0.25) is 24.0 Å². The van der Waals surface area contributed by atoms with Gasteiger partial charge >= 0.3 is 0 Å². The number of fused-ring (bicyclic) bond motifs is 5. The van der Waals surface area contributed by atoms with Crippen molar-refractivity contribution in [3.63, 3.8) is 0 Å². The number of rotatable bonds is 16. The fourth-order valence-electron chi connectivity index (χ4n) is 8.32. The summed E-state index contributed by atoms with van der Waals surface area (Å²) in [6.07, 6.45) is -0.456. The van der Waals surface area contributed by atoms with E-state index in [1.165, 1.54) is 17.5 Å². The van der Waals surface area contributed by atoms with Gasteiger partial charge in [0, 0.05) is 74.3 Å². The lowest BCUT2D eigenvalue weighted by Gasteiger charge is -2.32. The molecule has 0 radical (unpaired) electrons. The van der Waals surface area contributed by atoms with Gasteiger partial charge in [-0.15, -0.1) is 0 Å². The molecule has 0 unspecified atom stereocenters. The second-order valence-electron chi connectivity index (χ2n) is 18.2. The van der Waals surface area contributed by atoms with Gasteiger partial charge in [0.1, 0.15) is 30.8 Å². The number of hydrogen-bond acceptors (Lipinski definition) is 13. The smallest absolute Gasteiger partial charge is 0.226 e. The first kappa shape index (κ1) is 52.2. The molecule has 4 bridgehead atoms. The summed E-state index contributed by atoms with van der Waals surface area (Å²) in [5.41, 5.74) is 23.0. The number of amides is 2. The zero-order chi connectivity index (χ0) is 49.7. The quantitative estimate of drug-likeness (QED) is 0.0816. The number of nitrogens with one attached hydrogen (secondary N) is 1. The number of likely N-dealkylation sites (N-methyl/N-ethyl adjacent to an activating group) is 1. The Bertz CT molecular complexity index is 2580. The number of benzene rings is 3. The van der Waals surface area contributed by atoms with E-state index in [1.54, 1.807) is 51.1 Å². The molecule has 15 heteroatoms. The standard InChI is InChI=1S/C53H64N8O7/c1-32-27-45(64)50(61(7)52(66)38(20-22-55)31-44(63)49-33(2)58-48(59-34(49)3)19-13-35-10-15-39(16-11-35)53(4,5)6)37-14-18-47(68-26-24-57)41(30-37)40-28-36(12-17-46(40)67-25-23-56)29-42(60-51(32)65)43(62)9-8-21-54/h10-12,14-18,28,30,32,38,42,50H,8-9,20,22-27,29,31,55-57H2,1-7H3,(H,60,65)/t32-,38-,42+,50+/m1/s1. The minimum absolute atomic E-state index is 0.00202. The monoisotopic (exact) mass is 924 g/mol. The molecular weight excluding hydrogens is 861 g/mol. The number of Topliss-reactive ketones (excluding diaryl/α,β-unsaturated/α-hetero) is 3. The van der Waals surface area contributed by atoms with E-state index in [9.17, 15) is 29.2 Å². The molecule has 2 amide bonds. The Morgan fingerprint density at radius 3 is 2.07 bits per heavy atom. The van der Waals surface area contributed by atoms with Crippen molar-refractivity contribution < 1.29 is 33.4 Å². The van der Waals surface area contributed by atoms with Crippen LogP contribution in [0.25, 0.3) is 11.1 Å². The van der Waals surface area contributed by atoms with Crippen molar-refractivity contribution in [1.29, 1.82) is 5.26 Å². The van der Waals surface area contributed by atoms with Gasteiger partial charge in [0.25, 0.3) is 0 Å². The predicted molar refractivity (Wildman–Crippen MR) is 260 cm³/mol. The molecule has 358 valence electrons. The first-order valence-electron chi connectivity index (χ1n) is 23.0. The van der Waals surface area contributed by atoms with Crippen molar-refractivity contribution in [2.24, 2.45) is 29.0 Å². The third-order valence-corrected chi connectivity index (χ3v) is 11.9. The maximum Gasteiger partial charge on any atom is 0.226 e. The predicted octanol–water partition coefficient (Wildman–Crippen LogP) is 5.38. The van der Waals surface area contributed by atoms with Crippen molar-refractivity contribution >= 4 is 29.2 Å². The summed E-state index contributed by atoms with van der Waals surface area (Å²) in [6.45, 7) is 12.2. The molecule has 0 aliphatic carbocycles. The number of nitriles is 1. The van der Waals surface area contributed by atoms with Crippen LogP contribution in [0.15, 0.2) is 60.7 Å². The highest BCUT2D eigenvalue weighted by Gasteiger charge is 2.36. The third-order valence-electron chi connectivity index (χ3n) is 11.9. The van der Waals surface area contributed by atoms with Crippen molar-refractivity contribution in [3.05, 3.63) is 106 Å². The molecular formula is C53H64N8O7. The zero-order valence-corrected chi connectivity index (χ0v) is 40.2. The summed E-state index contributed by atoms with van der Waals surface area (Å²) < 4.78 is 12.3. The van der Waals surface area contributed by atoms with E-state index in [0.29, 0.717) is 45.1 Å². The fraction of sp³-hybridized carbons (Fsp3) is 0.434. The molecule has 15 nitrogen and oxygen atoms in total. The lowest BCUT2D eigenvalue weighted by Crippen LogP contribution is -2.46. The van der Waals surface area contributed by atoms with Crippen molar-refractivity contribution in [3.8, 4) is 40.5 Å². The van der Waals surface area contributed by atoms with Gasteiger partial charge in [-0.25, -0.2) is 9.97 Å². The van der Waals surface area contributed by atoms with Gasteiger partial charge in [-0.05, 0) is 97.7 Å². The van der Waals surface area contributed by atoms with E-state index >= 15 is 0 Å². The van der Waals surface area contributed by atoms with Gasteiger partial charge in [-0.2, -0.15) is 5.26 Å². The number of nitrogens with zero attached hydrogens (tertiary/aromatic N) is 4. The molecule has 3 aromatic carbocycles. The normalized spacial score (nSPS) is 16.5. The molecule has 1 aliphatic rings. The van der Waals surface area contributed by atoms with E-state index in [1.807, 2.05) is 36.4 Å². The van der Waals surface area contributed by atoms with Crippen LogP contribution in [0.2, 0.25) is 0 Å². The van der Waals surface area contributed by atoms with E-state index < -0.39 is 41.5 Å². The Morgan fingerprint density at radius 2 is 1.49 bits per heavy atom. The Hall–Kier alpha value is -6.78. The molecule has 4 aromatic rings. The summed E-state index contributed by atoms with van der Waals surface area (Å²) in [5, 5.41) is 12.1. The van der Waals surface area contributed by atoms with Gasteiger partial charge in [0.15, 0.2) is 17.3 Å². The number of carbonyl (C=O) groups is 5. The average Bonchev–Trinajstić information content (AvgIpc) is 3.30. The van der Waals surface area contributed by atoms with Crippen LogP contribution in [0.4, 0.5) is 0 Å². The SMILES string of the molecule is Cc1nc(C#Cc2ccc(C(C)(C)C)cc2)nc(C)c1C(=O)C[C@@H](CCN)C(=O)N(C)[C@@H]1C(=O)C[C@@H](C)C(=O)N[C@H](C(=O)CCC#N)Cc2ccc(OCCN)c(c2)-c2cc1ccc2OCCN. The van der Waals surface area contributed by atoms with Gasteiger partial charge < -0.3 is 36.9 Å². The van der Waals surface area contributed by atoms with Gasteiger partial charge in [0.2, 0.25) is 17.6 Å². The van der Waals surface area contributed by atoms with Crippen LogP contribution in [0.1, 0.15) is 116 Å². The van der Waals surface area contributed by atoms with Crippen molar-refractivity contribution in [2.45, 2.75) is 97.6 Å². The molecule has 5 rings (SSSR count). The van der Waals surface area contributed by atoms with Crippen LogP contribution in [-0.2, 0) is 31.0 Å². The maximum atomic E-state index is 14.8. The molecule has 7 N–H and O–H groups in total. The van der Waals surface area contributed by atoms with E-state index in [-0.39, 0.29) is 99.7 Å².